The highest BCUT2D eigenvalue weighted by Gasteiger charge is 2.14. The average molecular weight is 379 g/mol. The summed E-state index contributed by atoms with van der Waals surface area (Å²) in [5.74, 6) is 1.33. The Morgan fingerprint density at radius 2 is 2.00 bits per heavy atom. The predicted molar refractivity (Wildman–Crippen MR) is 102 cm³/mol. The van der Waals surface area contributed by atoms with Crippen molar-refractivity contribution in [3.63, 3.8) is 0 Å². The van der Waals surface area contributed by atoms with E-state index in [9.17, 15) is 4.79 Å². The number of carbonyl (C=O) groups is 1. The second-order valence-electron chi connectivity index (χ2n) is 5.61. The molecule has 1 N–H and O–H groups in total. The van der Waals surface area contributed by atoms with Gasteiger partial charge >= 0.3 is 0 Å². The number of ether oxygens (including phenoxy) is 3. The Hall–Kier alpha value is -2.19. The highest BCUT2D eigenvalue weighted by atomic mass is 32.2. The third kappa shape index (κ3) is 4.92. The van der Waals surface area contributed by atoms with Crippen molar-refractivity contribution in [1.29, 1.82) is 0 Å². The van der Waals surface area contributed by atoms with E-state index in [1.807, 2.05) is 13.8 Å². The monoisotopic (exact) mass is 379 g/mol. The van der Waals surface area contributed by atoms with Crippen molar-refractivity contribution < 1.29 is 19.0 Å². The summed E-state index contributed by atoms with van der Waals surface area (Å²) in [6, 6.07) is 5.27. The van der Waals surface area contributed by atoms with E-state index in [2.05, 4.69) is 14.9 Å². The highest BCUT2D eigenvalue weighted by Crippen LogP contribution is 2.29. The quantitative estimate of drug-likeness (QED) is 0.675. The van der Waals surface area contributed by atoms with Crippen LogP contribution in [-0.2, 0) is 16.1 Å². The van der Waals surface area contributed by atoms with Crippen LogP contribution in [0.2, 0.25) is 0 Å². The number of aryl methyl sites for hydroxylation is 1. The lowest BCUT2D eigenvalue weighted by Gasteiger charge is -2.12. The first-order chi connectivity index (χ1) is 12.5. The zero-order chi connectivity index (χ0) is 19.1. The van der Waals surface area contributed by atoms with Gasteiger partial charge in [0, 0.05) is 25.4 Å². The van der Waals surface area contributed by atoms with Crippen molar-refractivity contribution >= 4 is 23.4 Å². The molecule has 0 atom stereocenters. The number of benzene rings is 1. The molecular weight excluding hydrogens is 354 g/mol. The second kappa shape index (κ2) is 9.49. The maximum absolute atomic E-state index is 12.4. The van der Waals surface area contributed by atoms with E-state index in [0.717, 1.165) is 16.5 Å². The van der Waals surface area contributed by atoms with Gasteiger partial charge in [-0.2, -0.15) is 0 Å². The maximum Gasteiger partial charge on any atom is 0.234 e. The number of anilines is 1. The summed E-state index contributed by atoms with van der Waals surface area (Å²) in [5, 5.41) is 3.67. The molecule has 0 bridgehead atoms. The molecule has 2 aromatic rings. The summed E-state index contributed by atoms with van der Waals surface area (Å²) < 4.78 is 17.7. The summed E-state index contributed by atoms with van der Waals surface area (Å²) >= 11 is 1.40. The smallest absolute Gasteiger partial charge is 0.234 e. The van der Waals surface area contributed by atoms with E-state index in [0.29, 0.717) is 30.3 Å². The molecule has 2 rings (SSSR count). The molecule has 1 heterocycles. The van der Waals surface area contributed by atoms with Crippen LogP contribution in [0.15, 0.2) is 23.4 Å². The number of hydrogen-bond acceptors (Lipinski definition) is 6. The van der Waals surface area contributed by atoms with Crippen molar-refractivity contribution in [2.45, 2.75) is 25.5 Å². The molecule has 0 unspecified atom stereocenters. The van der Waals surface area contributed by atoms with Crippen LogP contribution in [0.3, 0.4) is 0 Å². The van der Waals surface area contributed by atoms with Crippen LogP contribution in [0, 0.1) is 13.8 Å². The first kappa shape index (κ1) is 20.1. The average Bonchev–Trinajstić information content (AvgIpc) is 2.91. The number of hydrogen-bond donors (Lipinski definition) is 1. The van der Waals surface area contributed by atoms with Gasteiger partial charge in [-0.15, -0.1) is 0 Å². The van der Waals surface area contributed by atoms with E-state index in [4.69, 9.17) is 14.2 Å². The Morgan fingerprint density at radius 3 is 2.65 bits per heavy atom. The van der Waals surface area contributed by atoms with Crippen LogP contribution in [0.5, 0.6) is 11.5 Å². The number of nitrogens with one attached hydrogen (secondary N) is 1. The fourth-order valence-electron chi connectivity index (χ4n) is 2.41. The summed E-state index contributed by atoms with van der Waals surface area (Å²) in [7, 11) is 4.80. The summed E-state index contributed by atoms with van der Waals surface area (Å²) in [6.45, 7) is 5.28. The summed E-state index contributed by atoms with van der Waals surface area (Å²) in [5.41, 5.74) is 2.62. The Labute approximate surface area is 158 Å². The van der Waals surface area contributed by atoms with Gasteiger partial charge in [0.15, 0.2) is 5.16 Å². The van der Waals surface area contributed by atoms with Gasteiger partial charge in [-0.05, 0) is 26.0 Å². The van der Waals surface area contributed by atoms with Crippen molar-refractivity contribution in [3.05, 3.63) is 29.6 Å². The predicted octanol–water partition coefficient (Wildman–Crippen LogP) is 2.89. The molecule has 0 aliphatic rings. The molecule has 0 aliphatic heterocycles. The topological polar surface area (TPSA) is 74.6 Å². The minimum atomic E-state index is -0.141. The van der Waals surface area contributed by atoms with Crippen molar-refractivity contribution in [3.8, 4) is 11.5 Å². The van der Waals surface area contributed by atoms with Gasteiger partial charge in [-0.25, -0.2) is 4.98 Å². The second-order valence-corrected chi connectivity index (χ2v) is 6.56. The van der Waals surface area contributed by atoms with Gasteiger partial charge in [-0.3, -0.25) is 4.79 Å². The lowest BCUT2D eigenvalue weighted by molar-refractivity contribution is -0.113. The molecule has 7 nitrogen and oxygen atoms in total. The van der Waals surface area contributed by atoms with Crippen molar-refractivity contribution in [2.75, 3.05) is 39.0 Å². The first-order valence-electron chi connectivity index (χ1n) is 8.17. The van der Waals surface area contributed by atoms with Gasteiger partial charge in [0.1, 0.15) is 11.5 Å². The Kier molecular flexibility index (Phi) is 7.35. The molecule has 0 aliphatic carbocycles. The highest BCUT2D eigenvalue weighted by molar-refractivity contribution is 7.99. The van der Waals surface area contributed by atoms with Gasteiger partial charge in [0.2, 0.25) is 5.91 Å². The number of aromatic nitrogens is 2. The number of imidazole rings is 1. The third-order valence-electron chi connectivity index (χ3n) is 3.95. The molecule has 0 saturated carbocycles. The fraction of sp³-hybridized carbons (Fsp3) is 0.444. The standard InChI is InChI=1S/C18H25N3O4S/c1-12-13(2)21(8-9-23-3)18(19-12)26-11-17(22)20-15-10-14(24-4)6-7-16(15)25-5/h6-7,10H,8-9,11H2,1-5H3,(H,20,22). The Morgan fingerprint density at radius 1 is 1.23 bits per heavy atom. The lowest BCUT2D eigenvalue weighted by atomic mass is 10.2. The van der Waals surface area contributed by atoms with E-state index in [1.165, 1.54) is 11.8 Å². The zero-order valence-electron chi connectivity index (χ0n) is 15.8. The van der Waals surface area contributed by atoms with Gasteiger partial charge in [0.25, 0.3) is 0 Å². The lowest BCUT2D eigenvalue weighted by Crippen LogP contribution is -2.16. The van der Waals surface area contributed by atoms with Gasteiger partial charge in [-0.1, -0.05) is 11.8 Å². The van der Waals surface area contributed by atoms with E-state index in [1.54, 1.807) is 39.5 Å². The number of thioether (sulfide) groups is 1. The number of amides is 1. The minimum Gasteiger partial charge on any atom is -0.497 e. The van der Waals surface area contributed by atoms with Crippen LogP contribution in [-0.4, -0.2) is 49.1 Å². The number of methoxy groups -OCH3 is 3. The Bertz CT molecular complexity index is 761. The van der Waals surface area contributed by atoms with Gasteiger partial charge < -0.3 is 24.1 Å². The van der Waals surface area contributed by atoms with E-state index in [-0.39, 0.29) is 11.7 Å². The molecule has 142 valence electrons. The molecule has 8 heteroatoms. The molecule has 0 fully saturated rings. The maximum atomic E-state index is 12.4. The van der Waals surface area contributed by atoms with Crippen LogP contribution in [0.1, 0.15) is 11.4 Å². The van der Waals surface area contributed by atoms with E-state index >= 15 is 0 Å². The van der Waals surface area contributed by atoms with Crippen LogP contribution in [0.25, 0.3) is 0 Å². The van der Waals surface area contributed by atoms with Crippen LogP contribution in [0.4, 0.5) is 5.69 Å². The SMILES string of the molecule is COCCn1c(SCC(=O)Nc2cc(OC)ccc2OC)nc(C)c1C. The van der Waals surface area contributed by atoms with Gasteiger partial charge in [0.05, 0.1) is 38.0 Å². The molecule has 0 radical (unpaired) electrons. The third-order valence-corrected chi connectivity index (χ3v) is 4.93. The molecule has 0 saturated heterocycles. The summed E-state index contributed by atoms with van der Waals surface area (Å²) in [6.07, 6.45) is 0. The number of rotatable bonds is 9. The molecule has 1 aromatic carbocycles. The van der Waals surface area contributed by atoms with E-state index < -0.39 is 0 Å². The Balaban J connectivity index is 2.05. The number of carbonyl (C=O) groups excluding carboxylic acids is 1. The molecule has 1 amide bonds. The molecule has 0 spiro atoms. The molecule has 1 aromatic heterocycles. The fourth-order valence-corrected chi connectivity index (χ4v) is 3.33. The molecule has 26 heavy (non-hydrogen) atoms. The molecular formula is C18H25N3O4S. The first-order valence-corrected chi connectivity index (χ1v) is 9.16. The largest absolute Gasteiger partial charge is 0.497 e. The van der Waals surface area contributed by atoms with Crippen molar-refractivity contribution in [1.82, 2.24) is 9.55 Å². The summed E-state index contributed by atoms with van der Waals surface area (Å²) in [4.78, 5) is 16.9. The van der Waals surface area contributed by atoms with Crippen molar-refractivity contribution in [2.24, 2.45) is 0 Å². The minimum absolute atomic E-state index is 0.141. The van der Waals surface area contributed by atoms with Crippen LogP contribution < -0.4 is 14.8 Å². The number of nitrogens with zero attached hydrogens (tertiary/aromatic N) is 2. The normalized spacial score (nSPS) is 10.7. The van der Waals surface area contributed by atoms with Crippen LogP contribution >= 0.6 is 11.8 Å². The zero-order valence-corrected chi connectivity index (χ0v) is 16.6.